The van der Waals surface area contributed by atoms with Gasteiger partial charge in [-0.25, -0.2) is 4.39 Å². The lowest BCUT2D eigenvalue weighted by Crippen LogP contribution is -2.02. The fourth-order valence-electron chi connectivity index (χ4n) is 1.72. The maximum atomic E-state index is 14.0. The first-order valence-corrected chi connectivity index (χ1v) is 6.56. The van der Waals surface area contributed by atoms with Crippen molar-refractivity contribution in [2.75, 3.05) is 5.32 Å². The van der Waals surface area contributed by atoms with Crippen LogP contribution in [0, 0.1) is 28.5 Å². The van der Waals surface area contributed by atoms with Crippen molar-refractivity contribution in [2.24, 2.45) is 0 Å². The molecule has 2 rings (SSSR count). The summed E-state index contributed by atoms with van der Waals surface area (Å²) in [6, 6.07) is 14.1. The van der Waals surface area contributed by atoms with Crippen molar-refractivity contribution in [1.82, 2.24) is 0 Å². The molecule has 0 radical (unpaired) electrons. The third kappa shape index (κ3) is 2.96. The minimum absolute atomic E-state index is 0.149. The molecule has 5 heteroatoms. The summed E-state index contributed by atoms with van der Waals surface area (Å²) in [6.07, 6.45) is 0. The monoisotopic (exact) mass is 329 g/mol. The second-order valence-corrected chi connectivity index (χ2v) is 4.86. The fraction of sp³-hybridized carbons (Fsp3) is 0.0667. The van der Waals surface area contributed by atoms with Crippen LogP contribution in [0.5, 0.6) is 0 Å². The lowest BCUT2D eigenvalue weighted by Gasteiger charge is -2.09. The Hall–Kier alpha value is -2.37. The molecule has 2 aromatic carbocycles. The Kier molecular flexibility index (Phi) is 4.34. The van der Waals surface area contributed by atoms with E-state index in [4.69, 9.17) is 10.5 Å². The third-order valence-electron chi connectivity index (χ3n) is 2.74. The minimum atomic E-state index is -0.500. The van der Waals surface area contributed by atoms with Crippen molar-refractivity contribution < 1.29 is 4.39 Å². The van der Waals surface area contributed by atoms with E-state index in [1.54, 1.807) is 24.3 Å². The van der Waals surface area contributed by atoms with E-state index in [-0.39, 0.29) is 10.0 Å². The molecule has 1 N–H and O–H groups in total. The Bertz CT molecular complexity index is 729. The van der Waals surface area contributed by atoms with E-state index in [2.05, 4.69) is 27.3 Å². The first kappa shape index (κ1) is 14.0. The van der Waals surface area contributed by atoms with Crippen LogP contribution < -0.4 is 5.32 Å². The summed E-state index contributed by atoms with van der Waals surface area (Å²) >= 11 is 3.06. The lowest BCUT2D eigenvalue weighted by molar-refractivity contribution is 0.623. The van der Waals surface area contributed by atoms with Crippen molar-refractivity contribution >= 4 is 21.6 Å². The Morgan fingerprint density at radius 2 is 1.95 bits per heavy atom. The Balaban J connectivity index is 2.18. The highest BCUT2D eigenvalue weighted by molar-refractivity contribution is 9.10. The molecule has 0 aliphatic rings. The number of anilines is 1. The van der Waals surface area contributed by atoms with Gasteiger partial charge in [-0.15, -0.1) is 0 Å². The molecule has 0 saturated carbocycles. The first-order valence-electron chi connectivity index (χ1n) is 5.76. The second-order valence-electron chi connectivity index (χ2n) is 4.07. The van der Waals surface area contributed by atoms with Crippen LogP contribution in [0.25, 0.3) is 0 Å². The first-order chi connectivity index (χ1) is 9.65. The van der Waals surface area contributed by atoms with Gasteiger partial charge in [0.15, 0.2) is 5.82 Å². The quantitative estimate of drug-likeness (QED) is 0.927. The van der Waals surface area contributed by atoms with Gasteiger partial charge >= 0.3 is 0 Å². The third-order valence-corrected chi connectivity index (χ3v) is 3.52. The largest absolute Gasteiger partial charge is 0.379 e. The summed E-state index contributed by atoms with van der Waals surface area (Å²) in [5.74, 6) is -0.500. The molecule has 0 amide bonds. The highest BCUT2D eigenvalue weighted by atomic mass is 79.9. The molecule has 98 valence electrons. The molecular formula is C15H9BrFN3. The summed E-state index contributed by atoms with van der Waals surface area (Å²) in [5.41, 5.74) is 1.99. The number of hydrogen-bond acceptors (Lipinski definition) is 3. The van der Waals surface area contributed by atoms with Gasteiger partial charge in [0.25, 0.3) is 0 Å². The Morgan fingerprint density at radius 1 is 1.15 bits per heavy atom. The number of hydrogen-bond donors (Lipinski definition) is 1. The Labute approximate surface area is 124 Å². The van der Waals surface area contributed by atoms with Crippen LogP contribution in [0.15, 0.2) is 40.9 Å². The van der Waals surface area contributed by atoms with Crippen LogP contribution in [-0.4, -0.2) is 0 Å². The van der Waals surface area contributed by atoms with E-state index < -0.39 is 5.82 Å². The van der Waals surface area contributed by atoms with Gasteiger partial charge in [-0.05, 0) is 45.8 Å². The molecule has 2 aromatic rings. The highest BCUT2D eigenvalue weighted by Crippen LogP contribution is 2.26. The van der Waals surface area contributed by atoms with E-state index in [1.807, 2.05) is 12.1 Å². The van der Waals surface area contributed by atoms with Crippen molar-refractivity contribution in [3.63, 3.8) is 0 Å². The molecule has 0 aliphatic heterocycles. The topological polar surface area (TPSA) is 59.6 Å². The molecule has 20 heavy (non-hydrogen) atoms. The van der Waals surface area contributed by atoms with Crippen LogP contribution in [0.4, 0.5) is 10.1 Å². The molecular weight excluding hydrogens is 321 g/mol. The zero-order chi connectivity index (χ0) is 14.5. The number of halogens is 2. The second kappa shape index (κ2) is 6.18. The minimum Gasteiger partial charge on any atom is -0.379 e. The van der Waals surface area contributed by atoms with E-state index in [0.717, 1.165) is 5.56 Å². The molecule has 0 aliphatic carbocycles. The summed E-state index contributed by atoms with van der Waals surface area (Å²) in [7, 11) is 0. The number of nitrogens with zero attached hydrogens (tertiary/aromatic N) is 2. The summed E-state index contributed by atoms with van der Waals surface area (Å²) in [4.78, 5) is 0. The SMILES string of the molecule is N#Cc1cccc(CNc2ccc(C#N)c(Br)c2F)c1. The van der Waals surface area contributed by atoms with Gasteiger partial charge in [-0.1, -0.05) is 12.1 Å². The van der Waals surface area contributed by atoms with Gasteiger partial charge in [0.2, 0.25) is 0 Å². The molecule has 0 fully saturated rings. The van der Waals surface area contributed by atoms with Gasteiger partial charge in [-0.2, -0.15) is 10.5 Å². The standard InChI is InChI=1S/C15H9BrFN3/c16-14-12(8-19)4-5-13(15(14)17)20-9-11-3-1-2-10(6-11)7-18/h1-6,20H,9H2. The highest BCUT2D eigenvalue weighted by Gasteiger charge is 2.10. The van der Waals surface area contributed by atoms with E-state index in [0.29, 0.717) is 17.8 Å². The van der Waals surface area contributed by atoms with Crippen molar-refractivity contribution in [1.29, 1.82) is 10.5 Å². The van der Waals surface area contributed by atoms with E-state index >= 15 is 0 Å². The van der Waals surface area contributed by atoms with Crippen LogP contribution in [-0.2, 0) is 6.54 Å². The van der Waals surface area contributed by atoms with Gasteiger partial charge in [-0.3, -0.25) is 0 Å². The van der Waals surface area contributed by atoms with E-state index in [1.165, 1.54) is 6.07 Å². The average Bonchev–Trinajstić information content (AvgIpc) is 2.49. The molecule has 0 saturated heterocycles. The van der Waals surface area contributed by atoms with Gasteiger partial charge in [0.05, 0.1) is 27.4 Å². The molecule has 0 aromatic heterocycles. The van der Waals surface area contributed by atoms with Crippen LogP contribution in [0.1, 0.15) is 16.7 Å². The number of nitrogens with one attached hydrogen (secondary N) is 1. The van der Waals surface area contributed by atoms with Crippen molar-refractivity contribution in [3.05, 3.63) is 63.4 Å². The van der Waals surface area contributed by atoms with Crippen molar-refractivity contribution in [3.8, 4) is 12.1 Å². The molecule has 3 nitrogen and oxygen atoms in total. The predicted octanol–water partition coefficient (Wildman–Crippen LogP) is 3.94. The number of nitriles is 2. The molecule has 0 heterocycles. The average molecular weight is 330 g/mol. The lowest BCUT2D eigenvalue weighted by atomic mass is 10.1. The number of benzene rings is 2. The molecule has 0 atom stereocenters. The summed E-state index contributed by atoms with van der Waals surface area (Å²) in [5, 5.41) is 20.6. The predicted molar refractivity (Wildman–Crippen MR) is 77.3 cm³/mol. The normalized spacial score (nSPS) is 9.60. The summed E-state index contributed by atoms with van der Waals surface area (Å²) < 4.78 is 14.1. The van der Waals surface area contributed by atoms with E-state index in [9.17, 15) is 4.39 Å². The van der Waals surface area contributed by atoms with Crippen LogP contribution in [0.2, 0.25) is 0 Å². The maximum absolute atomic E-state index is 14.0. The van der Waals surface area contributed by atoms with Gasteiger partial charge in [0.1, 0.15) is 6.07 Å². The molecule has 0 unspecified atom stereocenters. The van der Waals surface area contributed by atoms with Gasteiger partial charge < -0.3 is 5.32 Å². The fourth-order valence-corrected chi connectivity index (χ4v) is 2.15. The van der Waals surface area contributed by atoms with Crippen LogP contribution >= 0.6 is 15.9 Å². The van der Waals surface area contributed by atoms with Crippen LogP contribution in [0.3, 0.4) is 0 Å². The molecule has 0 spiro atoms. The zero-order valence-electron chi connectivity index (χ0n) is 10.3. The number of rotatable bonds is 3. The summed E-state index contributed by atoms with van der Waals surface area (Å²) in [6.45, 7) is 0.394. The smallest absolute Gasteiger partial charge is 0.161 e. The van der Waals surface area contributed by atoms with Gasteiger partial charge in [0, 0.05) is 6.54 Å². The zero-order valence-corrected chi connectivity index (χ0v) is 11.9. The Morgan fingerprint density at radius 3 is 2.65 bits per heavy atom. The molecule has 0 bridgehead atoms. The maximum Gasteiger partial charge on any atom is 0.161 e. The van der Waals surface area contributed by atoms with Crippen molar-refractivity contribution in [2.45, 2.75) is 6.54 Å².